The molecular formula is C38H23B3N6. The molecule has 6 aliphatic heterocycles. The summed E-state index contributed by atoms with van der Waals surface area (Å²) in [6, 6.07) is 52.2. The number of fused-ring (bicyclic) bond motifs is 14. The summed E-state index contributed by atoms with van der Waals surface area (Å²) in [7, 11) is -0.0968. The molecule has 13 rings (SSSR count). The Morgan fingerprint density at radius 3 is 1.04 bits per heavy atom. The van der Waals surface area contributed by atoms with Gasteiger partial charge >= 0.3 is 21.2 Å². The van der Waals surface area contributed by atoms with Gasteiger partial charge in [-0.3, -0.25) is 0 Å². The Hall–Kier alpha value is -5.95. The zero-order valence-corrected chi connectivity index (χ0v) is 25.2. The van der Waals surface area contributed by atoms with Gasteiger partial charge in [0.15, 0.2) is 0 Å². The topological polar surface area (TPSA) is 19.4 Å². The van der Waals surface area contributed by atoms with Crippen molar-refractivity contribution >= 4 is 105 Å². The third-order valence-corrected chi connectivity index (χ3v) is 11.4. The maximum Gasteiger partial charge on any atom is 0.503 e. The molecule has 6 aliphatic rings. The van der Waals surface area contributed by atoms with Gasteiger partial charge in [0.25, 0.3) is 0 Å². The highest BCUT2D eigenvalue weighted by molar-refractivity contribution is 7.08. The Labute approximate surface area is 272 Å². The van der Waals surface area contributed by atoms with Gasteiger partial charge in [-0.25, -0.2) is 0 Å². The number of nitrogens with zero attached hydrogens (tertiary/aromatic N) is 6. The normalized spacial score (nSPS) is 16.6. The van der Waals surface area contributed by atoms with E-state index in [2.05, 4.69) is 168 Å². The lowest BCUT2D eigenvalue weighted by atomic mass is 9.46. The first-order valence-corrected chi connectivity index (χ1v) is 16.5. The lowest BCUT2D eigenvalue weighted by Gasteiger charge is -2.56. The Morgan fingerprint density at radius 2 is 0.617 bits per heavy atom. The lowest BCUT2D eigenvalue weighted by molar-refractivity contribution is 1.21. The number of rotatable bonds is 0. The molecular weight excluding hydrogens is 573 g/mol. The zero-order valence-electron chi connectivity index (χ0n) is 25.2. The second-order valence-corrected chi connectivity index (χ2v) is 13.4. The fraction of sp³-hybridized carbons (Fsp3) is 0. The number of benzene rings is 7. The first-order valence-electron chi connectivity index (χ1n) is 16.5. The summed E-state index contributed by atoms with van der Waals surface area (Å²) >= 11 is 0. The zero-order chi connectivity index (χ0) is 30.1. The van der Waals surface area contributed by atoms with E-state index < -0.39 is 0 Å². The van der Waals surface area contributed by atoms with Crippen LogP contribution in [0.1, 0.15) is 0 Å². The molecule has 6 heterocycles. The molecule has 0 aromatic heterocycles. The number of hydrogen-bond acceptors (Lipinski definition) is 6. The Bertz CT molecular complexity index is 2410. The van der Waals surface area contributed by atoms with Crippen LogP contribution in [0.3, 0.4) is 0 Å². The molecule has 7 aromatic rings. The number of para-hydroxylation sites is 4. The van der Waals surface area contributed by atoms with Gasteiger partial charge in [-0.05, 0) is 71.4 Å². The van der Waals surface area contributed by atoms with Crippen molar-refractivity contribution in [2.75, 3.05) is 28.7 Å². The highest BCUT2D eigenvalue weighted by atomic mass is 15.5. The van der Waals surface area contributed by atoms with E-state index in [0.717, 1.165) is 0 Å². The molecule has 0 N–H and O–H groups in total. The molecule has 0 aliphatic carbocycles. The molecule has 0 saturated heterocycles. The maximum atomic E-state index is 2.70. The summed E-state index contributed by atoms with van der Waals surface area (Å²) in [6.45, 7) is -0.0325. The van der Waals surface area contributed by atoms with Gasteiger partial charge in [0.1, 0.15) is 0 Å². The first kappa shape index (κ1) is 23.4. The van der Waals surface area contributed by atoms with Crippen molar-refractivity contribution in [1.82, 2.24) is 0 Å². The lowest BCUT2D eigenvalue weighted by Crippen LogP contribution is -2.81. The number of anilines is 10. The van der Waals surface area contributed by atoms with Crippen LogP contribution in [0.25, 0.3) is 21.5 Å². The molecule has 0 unspecified atom stereocenters. The van der Waals surface area contributed by atoms with E-state index in [1.54, 1.807) is 0 Å². The Kier molecular flexibility index (Phi) is 3.84. The van der Waals surface area contributed by atoms with Gasteiger partial charge < -0.3 is 28.7 Å². The van der Waals surface area contributed by atoms with E-state index in [4.69, 9.17) is 0 Å². The van der Waals surface area contributed by atoms with Gasteiger partial charge in [-0.1, -0.05) is 78.9 Å². The van der Waals surface area contributed by atoms with Crippen LogP contribution in [0.15, 0.2) is 140 Å². The smallest absolute Gasteiger partial charge is 0.397 e. The molecule has 9 heteroatoms. The van der Waals surface area contributed by atoms with Crippen LogP contribution in [-0.4, -0.2) is 21.2 Å². The van der Waals surface area contributed by atoms with Crippen molar-refractivity contribution in [3.63, 3.8) is 0 Å². The first-order chi connectivity index (χ1) is 23.4. The maximum absolute atomic E-state index is 2.70. The van der Waals surface area contributed by atoms with Crippen LogP contribution in [0.5, 0.6) is 0 Å². The SMILES string of the molecule is c1ccc2c(c1)N1B3c4c(cccc4N4B5N3c3ccccc3N5c3cccc5cccc4c35)N3B1N2c1cccc2cccc3c12. The second kappa shape index (κ2) is 7.70. The van der Waals surface area contributed by atoms with Crippen molar-refractivity contribution < 1.29 is 0 Å². The highest BCUT2D eigenvalue weighted by Gasteiger charge is 2.66. The number of hydrogen-bond donors (Lipinski definition) is 0. The van der Waals surface area contributed by atoms with E-state index in [9.17, 15) is 0 Å². The third-order valence-electron chi connectivity index (χ3n) is 11.4. The molecule has 0 amide bonds. The van der Waals surface area contributed by atoms with Gasteiger partial charge in [-0.15, -0.1) is 0 Å². The van der Waals surface area contributed by atoms with Crippen LogP contribution in [0, 0.1) is 0 Å². The molecule has 0 spiro atoms. The van der Waals surface area contributed by atoms with Crippen LogP contribution < -0.4 is 34.2 Å². The van der Waals surface area contributed by atoms with E-state index in [1.165, 1.54) is 83.9 Å². The van der Waals surface area contributed by atoms with Crippen LogP contribution in [0.4, 0.5) is 56.9 Å². The van der Waals surface area contributed by atoms with E-state index in [0.29, 0.717) is 0 Å². The van der Waals surface area contributed by atoms with Crippen molar-refractivity contribution in [3.05, 3.63) is 140 Å². The standard InChI is InChI=1S/C38H23B3N6/c1-3-16-28-26(14-1)42-30-18-5-10-24-12-7-20-32(36(24)30)44-34-22-9-23-35-38(34)39(46(28)40(42)44)47-29-17-4-2-15-27(29)43-31-19-6-11-25-13-8-21-33(37(25)31)45(35)41(43)47/h1-23H. The predicted octanol–water partition coefficient (Wildman–Crippen LogP) is 7.90. The molecule has 0 radical (unpaired) electrons. The second-order valence-electron chi connectivity index (χ2n) is 13.4. The highest BCUT2D eigenvalue weighted by Crippen LogP contribution is 2.60. The fourth-order valence-electron chi connectivity index (χ4n) is 9.82. The summed E-state index contributed by atoms with van der Waals surface area (Å²) in [6.07, 6.45) is 0. The summed E-state index contributed by atoms with van der Waals surface area (Å²) < 4.78 is 5.41. The molecule has 6 nitrogen and oxygen atoms in total. The third kappa shape index (κ3) is 2.44. The van der Waals surface area contributed by atoms with Crippen molar-refractivity contribution in [1.29, 1.82) is 0 Å². The van der Waals surface area contributed by atoms with E-state index in [-0.39, 0.29) is 21.2 Å². The minimum absolute atomic E-state index is 0.0325. The molecule has 47 heavy (non-hydrogen) atoms. The minimum atomic E-state index is -0.0484. The fourth-order valence-corrected chi connectivity index (χ4v) is 9.82. The molecule has 0 saturated carbocycles. The molecule has 0 fully saturated rings. The summed E-state index contributed by atoms with van der Waals surface area (Å²) in [4.78, 5) is 10.4. The summed E-state index contributed by atoms with van der Waals surface area (Å²) in [5.41, 5.74) is 14.0. The van der Waals surface area contributed by atoms with Gasteiger partial charge in [0.05, 0.1) is 11.4 Å². The van der Waals surface area contributed by atoms with Crippen molar-refractivity contribution in [2.24, 2.45) is 0 Å². The molecule has 7 aromatic carbocycles. The average Bonchev–Trinajstić information content (AvgIpc) is 3.65. The summed E-state index contributed by atoms with van der Waals surface area (Å²) in [5.74, 6) is 0. The predicted molar refractivity (Wildman–Crippen MR) is 198 cm³/mol. The summed E-state index contributed by atoms with van der Waals surface area (Å²) in [5, 5.41) is 5.15. The quantitative estimate of drug-likeness (QED) is 0.165. The van der Waals surface area contributed by atoms with Gasteiger partial charge in [-0.2, -0.15) is 0 Å². The largest absolute Gasteiger partial charge is 0.503 e. The van der Waals surface area contributed by atoms with Crippen molar-refractivity contribution in [3.8, 4) is 0 Å². The Balaban J connectivity index is 1.20. The van der Waals surface area contributed by atoms with Crippen LogP contribution in [0.2, 0.25) is 0 Å². The van der Waals surface area contributed by atoms with Gasteiger partial charge in [0, 0.05) is 61.7 Å². The van der Waals surface area contributed by atoms with Crippen LogP contribution >= 0.6 is 0 Å². The molecule has 0 bridgehead atoms. The minimum Gasteiger partial charge on any atom is -0.397 e. The monoisotopic (exact) mass is 596 g/mol. The molecule has 214 valence electrons. The average molecular weight is 596 g/mol. The molecule has 0 atom stereocenters. The van der Waals surface area contributed by atoms with Crippen LogP contribution in [-0.2, 0) is 0 Å². The van der Waals surface area contributed by atoms with Crippen molar-refractivity contribution in [2.45, 2.75) is 0 Å². The van der Waals surface area contributed by atoms with E-state index >= 15 is 0 Å². The Morgan fingerprint density at radius 1 is 0.298 bits per heavy atom. The van der Waals surface area contributed by atoms with Gasteiger partial charge in [0.2, 0.25) is 0 Å². The van der Waals surface area contributed by atoms with E-state index in [1.807, 2.05) is 0 Å².